The lowest BCUT2D eigenvalue weighted by Gasteiger charge is -2.10. The topological polar surface area (TPSA) is 196 Å². The van der Waals surface area contributed by atoms with Crippen LogP contribution in [0.4, 0.5) is 11.6 Å². The second-order valence-corrected chi connectivity index (χ2v) is 5.90. The van der Waals surface area contributed by atoms with Crippen LogP contribution in [0.3, 0.4) is 0 Å². The molecule has 0 bridgehead atoms. The van der Waals surface area contributed by atoms with E-state index in [1.54, 1.807) is 6.92 Å². The van der Waals surface area contributed by atoms with Gasteiger partial charge in [-0.3, -0.25) is 14.4 Å². The Balaban J connectivity index is 0.00000263. The number of aromatic nitrogens is 2. The first-order valence-electron chi connectivity index (χ1n) is 9.46. The van der Waals surface area contributed by atoms with Crippen molar-refractivity contribution in [2.24, 2.45) is 0 Å². The van der Waals surface area contributed by atoms with Crippen LogP contribution >= 0.6 is 0 Å². The molecule has 0 saturated heterocycles. The van der Waals surface area contributed by atoms with Gasteiger partial charge in [-0.15, -0.1) is 0 Å². The monoisotopic (exact) mass is 424 g/mol. The zero-order valence-corrected chi connectivity index (χ0v) is 17.2. The summed E-state index contributed by atoms with van der Waals surface area (Å²) in [6, 6.07) is 0. The summed E-state index contributed by atoms with van der Waals surface area (Å²) >= 11 is 0. The molecule has 0 radical (unpaired) electrons. The Hall–Kier alpha value is -3.53. The van der Waals surface area contributed by atoms with Gasteiger partial charge in [0.25, 0.3) is 11.8 Å². The number of carbonyl (C=O) groups is 3. The highest BCUT2D eigenvalue weighted by Gasteiger charge is 2.20. The Morgan fingerprint density at radius 2 is 1.37 bits per heavy atom. The van der Waals surface area contributed by atoms with Crippen LogP contribution in [0.15, 0.2) is 0 Å². The fourth-order valence-electron chi connectivity index (χ4n) is 2.21. The quantitative estimate of drug-likeness (QED) is 0.278. The minimum absolute atomic E-state index is 0.108. The second kappa shape index (κ2) is 15.4. The summed E-state index contributed by atoms with van der Waals surface area (Å²) in [6.45, 7) is 4.83. The maximum Gasteiger partial charge on any atom is 0.373 e. The molecule has 0 saturated carbocycles. The Labute approximate surface area is 174 Å². The van der Waals surface area contributed by atoms with Gasteiger partial charge in [-0.05, 0) is 19.8 Å². The molecule has 0 aromatic carbocycles. The number of amides is 2. The summed E-state index contributed by atoms with van der Waals surface area (Å²) in [5.41, 5.74) is 11.2. The largest absolute Gasteiger partial charge is 0.466 e. The van der Waals surface area contributed by atoms with E-state index in [4.69, 9.17) is 25.8 Å². The molecule has 1 aromatic heterocycles. The van der Waals surface area contributed by atoms with E-state index in [-0.39, 0.29) is 48.1 Å². The van der Waals surface area contributed by atoms with Crippen LogP contribution in [0.2, 0.25) is 0 Å². The highest BCUT2D eigenvalue weighted by atomic mass is 16.5. The molecule has 1 heterocycles. The van der Waals surface area contributed by atoms with E-state index in [9.17, 15) is 14.4 Å². The molecule has 12 nitrogen and oxygen atoms in total. The van der Waals surface area contributed by atoms with Crippen molar-refractivity contribution in [1.29, 1.82) is 0 Å². The van der Waals surface area contributed by atoms with E-state index in [1.807, 2.05) is 0 Å². The van der Waals surface area contributed by atoms with Gasteiger partial charge in [0, 0.05) is 19.5 Å². The molecule has 0 atom stereocenters. The summed E-state index contributed by atoms with van der Waals surface area (Å²) in [5, 5.41) is 5.27. The number of rotatable bonds is 11. The second-order valence-electron chi connectivity index (χ2n) is 5.90. The summed E-state index contributed by atoms with van der Waals surface area (Å²) in [6.07, 6.45) is 3.73. The van der Waals surface area contributed by atoms with Crippen LogP contribution in [-0.4, -0.2) is 53.6 Å². The van der Waals surface area contributed by atoms with Gasteiger partial charge < -0.3 is 26.8 Å². The SMILES string of the molecule is CCCCCNC(=O)c1nc(N)c(C(=O)NCCCC(=O)OCC)nc1N.O=C=O. The number of ether oxygens (including phenoxy) is 1. The summed E-state index contributed by atoms with van der Waals surface area (Å²) in [4.78, 5) is 59.6. The summed E-state index contributed by atoms with van der Waals surface area (Å²) in [7, 11) is 0. The number of anilines is 2. The van der Waals surface area contributed by atoms with Gasteiger partial charge in [0.2, 0.25) is 0 Å². The molecule has 0 aliphatic rings. The molecule has 0 fully saturated rings. The van der Waals surface area contributed by atoms with E-state index < -0.39 is 11.8 Å². The number of carbonyl (C=O) groups excluding carboxylic acids is 5. The average Bonchev–Trinajstić information content (AvgIpc) is 2.70. The molecule has 30 heavy (non-hydrogen) atoms. The Morgan fingerprint density at radius 1 is 0.900 bits per heavy atom. The third kappa shape index (κ3) is 10.1. The van der Waals surface area contributed by atoms with Crippen molar-refractivity contribution >= 4 is 35.6 Å². The van der Waals surface area contributed by atoms with Crippen LogP contribution in [0.5, 0.6) is 0 Å². The van der Waals surface area contributed by atoms with Crippen molar-refractivity contribution < 1.29 is 28.7 Å². The normalized spacial score (nSPS) is 9.53. The standard InChI is InChI=1S/C17H28N6O4.CO2/c1-3-5-6-9-20-16(25)12-14(18)23-13(15(19)22-12)17(26)21-10-7-8-11(24)27-4-2;2-1-3/h3-10H2,1-2H3,(H2,18,23)(H2,19,22)(H,20,25)(H,21,26);. The zero-order valence-electron chi connectivity index (χ0n) is 17.2. The molecule has 12 heteroatoms. The molecule has 6 N–H and O–H groups in total. The first kappa shape index (κ1) is 26.5. The van der Waals surface area contributed by atoms with Crippen molar-refractivity contribution in [1.82, 2.24) is 20.6 Å². The van der Waals surface area contributed by atoms with Gasteiger partial charge in [0.05, 0.1) is 6.61 Å². The van der Waals surface area contributed by atoms with Crippen LogP contribution in [0.1, 0.15) is 66.9 Å². The van der Waals surface area contributed by atoms with Crippen LogP contribution in [0, 0.1) is 0 Å². The molecule has 1 rings (SSSR count). The van der Waals surface area contributed by atoms with Crippen molar-refractivity contribution in [2.75, 3.05) is 31.2 Å². The third-order valence-corrected chi connectivity index (χ3v) is 3.59. The Bertz CT molecular complexity index is 749. The molecule has 0 aliphatic carbocycles. The highest BCUT2D eigenvalue weighted by molar-refractivity contribution is 6.00. The van der Waals surface area contributed by atoms with Gasteiger partial charge in [-0.25, -0.2) is 9.97 Å². The lowest BCUT2D eigenvalue weighted by molar-refractivity contribution is -0.191. The molecule has 0 spiro atoms. The zero-order chi connectivity index (χ0) is 22.9. The van der Waals surface area contributed by atoms with E-state index >= 15 is 0 Å². The fraction of sp³-hybridized carbons (Fsp3) is 0.556. The summed E-state index contributed by atoms with van der Waals surface area (Å²) in [5.74, 6) is -1.75. The third-order valence-electron chi connectivity index (χ3n) is 3.59. The molecule has 1 aromatic rings. The van der Waals surface area contributed by atoms with Crippen molar-refractivity contribution in [3.05, 3.63) is 11.4 Å². The first-order valence-corrected chi connectivity index (χ1v) is 9.46. The van der Waals surface area contributed by atoms with Gasteiger partial charge in [0.15, 0.2) is 23.0 Å². The number of nitrogens with one attached hydrogen (secondary N) is 2. The fourth-order valence-corrected chi connectivity index (χ4v) is 2.21. The van der Waals surface area contributed by atoms with E-state index in [0.29, 0.717) is 19.6 Å². The number of hydrogen-bond acceptors (Lipinski definition) is 10. The average molecular weight is 424 g/mol. The van der Waals surface area contributed by atoms with Crippen LogP contribution in [-0.2, 0) is 19.1 Å². The molecule has 166 valence electrons. The van der Waals surface area contributed by atoms with Crippen LogP contribution in [0.25, 0.3) is 0 Å². The lowest BCUT2D eigenvalue weighted by Crippen LogP contribution is -2.30. The minimum Gasteiger partial charge on any atom is -0.466 e. The minimum atomic E-state index is -0.578. The smallest absolute Gasteiger partial charge is 0.373 e. The van der Waals surface area contributed by atoms with Crippen molar-refractivity contribution in [3.8, 4) is 0 Å². The molecular weight excluding hydrogens is 396 g/mol. The number of esters is 1. The molecule has 0 aliphatic heterocycles. The predicted molar refractivity (Wildman–Crippen MR) is 106 cm³/mol. The number of nitrogens with zero attached hydrogens (tertiary/aromatic N) is 2. The van der Waals surface area contributed by atoms with Crippen molar-refractivity contribution in [2.45, 2.75) is 46.0 Å². The number of hydrogen-bond donors (Lipinski definition) is 4. The maximum absolute atomic E-state index is 12.1. The lowest BCUT2D eigenvalue weighted by atomic mass is 10.2. The van der Waals surface area contributed by atoms with Gasteiger partial charge in [0.1, 0.15) is 0 Å². The van der Waals surface area contributed by atoms with Crippen LogP contribution < -0.4 is 22.1 Å². The van der Waals surface area contributed by atoms with E-state index in [1.165, 1.54) is 0 Å². The van der Waals surface area contributed by atoms with Gasteiger partial charge >= 0.3 is 12.1 Å². The first-order chi connectivity index (χ1) is 14.3. The van der Waals surface area contributed by atoms with Gasteiger partial charge in [-0.2, -0.15) is 9.59 Å². The van der Waals surface area contributed by atoms with Gasteiger partial charge in [-0.1, -0.05) is 19.8 Å². The Morgan fingerprint density at radius 3 is 1.80 bits per heavy atom. The maximum atomic E-state index is 12.1. The number of unbranched alkanes of at least 4 members (excludes halogenated alkanes) is 2. The van der Waals surface area contributed by atoms with Crippen molar-refractivity contribution in [3.63, 3.8) is 0 Å². The number of nitrogen functional groups attached to an aromatic ring is 2. The Kier molecular flexibility index (Phi) is 13.6. The number of nitrogens with two attached hydrogens (primary N) is 2. The predicted octanol–water partition coefficient (Wildman–Crippen LogP) is 0.0506. The molecule has 0 unspecified atom stereocenters. The molecular formula is C18H28N6O6. The highest BCUT2D eigenvalue weighted by Crippen LogP contribution is 2.13. The molecule has 2 amide bonds. The summed E-state index contributed by atoms with van der Waals surface area (Å²) < 4.78 is 4.80. The van der Waals surface area contributed by atoms with E-state index in [2.05, 4.69) is 27.5 Å². The van der Waals surface area contributed by atoms with E-state index in [0.717, 1.165) is 19.3 Å².